The number of aromatic nitrogens is 3. The number of carbonyl (C=O) groups excluding carboxylic acids is 1. The highest BCUT2D eigenvalue weighted by atomic mass is 32.1. The molecule has 3 aromatic heterocycles. The average Bonchev–Trinajstić information content (AvgIpc) is 3.27. The highest BCUT2D eigenvalue weighted by Crippen LogP contribution is 2.25. The molecule has 0 unspecified atom stereocenters. The number of hydrogen-bond acceptors (Lipinski definition) is 6. The number of fused-ring (bicyclic) bond motifs is 1. The van der Waals surface area contributed by atoms with Gasteiger partial charge in [-0.3, -0.25) is 14.8 Å². The second kappa shape index (κ2) is 7.05. The number of hydrogen-bond donors (Lipinski definition) is 1. The van der Waals surface area contributed by atoms with E-state index in [1.54, 1.807) is 28.3 Å². The number of nitrogens with one attached hydrogen (secondary N) is 1. The van der Waals surface area contributed by atoms with E-state index in [9.17, 15) is 9.59 Å². The van der Waals surface area contributed by atoms with Crippen LogP contribution in [0.1, 0.15) is 36.1 Å². The first kappa shape index (κ1) is 18.1. The summed E-state index contributed by atoms with van der Waals surface area (Å²) in [7, 11) is 0. The summed E-state index contributed by atoms with van der Waals surface area (Å²) in [5, 5.41) is 10.00. The van der Waals surface area contributed by atoms with Crippen LogP contribution in [-0.2, 0) is 0 Å². The molecule has 142 valence electrons. The van der Waals surface area contributed by atoms with Gasteiger partial charge in [-0.1, -0.05) is 18.2 Å². The number of amides is 1. The Hall–Kier alpha value is -3.26. The van der Waals surface area contributed by atoms with E-state index >= 15 is 0 Å². The molecule has 8 heteroatoms. The highest BCUT2D eigenvalue weighted by Gasteiger charge is 2.17. The van der Waals surface area contributed by atoms with Gasteiger partial charge in [-0.05, 0) is 39.0 Å². The minimum atomic E-state index is -0.465. The molecule has 1 N–H and O–H groups in total. The van der Waals surface area contributed by atoms with Gasteiger partial charge in [-0.15, -0.1) is 11.3 Å². The second-order valence-corrected chi connectivity index (χ2v) is 7.54. The lowest BCUT2D eigenvalue weighted by Crippen LogP contribution is -2.14. The fourth-order valence-electron chi connectivity index (χ4n) is 2.98. The summed E-state index contributed by atoms with van der Waals surface area (Å²) >= 11 is 1.24. The van der Waals surface area contributed by atoms with Crippen molar-refractivity contribution in [3.63, 3.8) is 0 Å². The average molecular weight is 394 g/mol. The summed E-state index contributed by atoms with van der Waals surface area (Å²) in [4.78, 5) is 29.1. The smallest absolute Gasteiger partial charge is 0.345 e. The Morgan fingerprint density at radius 1 is 1.25 bits per heavy atom. The van der Waals surface area contributed by atoms with Crippen molar-refractivity contribution in [2.24, 2.45) is 0 Å². The van der Waals surface area contributed by atoms with Crippen molar-refractivity contribution in [2.45, 2.75) is 26.8 Å². The maximum Gasteiger partial charge on any atom is 0.345 e. The summed E-state index contributed by atoms with van der Waals surface area (Å²) in [5.74, 6) is -0.339. The largest absolute Gasteiger partial charge is 0.422 e. The normalized spacial score (nSPS) is 11.3. The number of para-hydroxylation sites is 1. The van der Waals surface area contributed by atoms with Crippen LogP contribution in [0.15, 0.2) is 51.0 Å². The molecule has 0 spiro atoms. The third kappa shape index (κ3) is 3.34. The predicted molar refractivity (Wildman–Crippen MR) is 109 cm³/mol. The Bertz CT molecular complexity index is 1240. The van der Waals surface area contributed by atoms with Crippen molar-refractivity contribution in [1.29, 1.82) is 0 Å². The van der Waals surface area contributed by atoms with Crippen molar-refractivity contribution in [3.05, 3.63) is 63.6 Å². The summed E-state index contributed by atoms with van der Waals surface area (Å²) in [5.41, 5.74) is 2.12. The van der Waals surface area contributed by atoms with E-state index in [-0.39, 0.29) is 11.9 Å². The van der Waals surface area contributed by atoms with E-state index in [1.165, 1.54) is 11.3 Å². The maximum atomic E-state index is 12.5. The first-order valence-electron chi connectivity index (χ1n) is 8.78. The molecule has 7 nitrogen and oxygen atoms in total. The van der Waals surface area contributed by atoms with E-state index in [1.807, 2.05) is 39.0 Å². The molecule has 0 fully saturated rings. The number of rotatable bonds is 4. The van der Waals surface area contributed by atoms with Crippen LogP contribution in [0.2, 0.25) is 0 Å². The molecule has 28 heavy (non-hydrogen) atoms. The molecule has 0 aliphatic carbocycles. The molecule has 0 saturated heterocycles. The number of aryl methyl sites for hydroxylation is 1. The number of anilines is 1. The molecule has 0 saturated carbocycles. The predicted octanol–water partition coefficient (Wildman–Crippen LogP) is 4.25. The maximum absolute atomic E-state index is 12.5. The van der Waals surface area contributed by atoms with E-state index < -0.39 is 5.63 Å². The number of thiazole rings is 1. The Morgan fingerprint density at radius 3 is 2.79 bits per heavy atom. The van der Waals surface area contributed by atoms with E-state index in [2.05, 4.69) is 15.4 Å². The highest BCUT2D eigenvalue weighted by molar-refractivity contribution is 7.14. The monoisotopic (exact) mass is 394 g/mol. The lowest BCUT2D eigenvalue weighted by Gasteiger charge is -2.06. The molecule has 0 bridgehead atoms. The summed E-state index contributed by atoms with van der Waals surface area (Å²) in [6, 6.07) is 10.9. The quantitative estimate of drug-likeness (QED) is 0.523. The van der Waals surface area contributed by atoms with Crippen LogP contribution in [0.25, 0.3) is 22.2 Å². The van der Waals surface area contributed by atoms with E-state index in [0.717, 1.165) is 11.1 Å². The number of nitrogens with zero attached hydrogens (tertiary/aromatic N) is 3. The molecular formula is C20H18N4O3S. The third-order valence-corrected chi connectivity index (χ3v) is 5.04. The van der Waals surface area contributed by atoms with Crippen LogP contribution in [0, 0.1) is 6.92 Å². The molecule has 0 atom stereocenters. The standard InChI is InChI=1S/C20H18N4O3S/c1-11(2)24-12(3)8-15(23-24)18(25)22-20-21-16(10-28-20)14-9-13-6-4-5-7-17(13)27-19(14)26/h4-11H,1-3H3,(H,21,22,25). The van der Waals surface area contributed by atoms with Crippen LogP contribution in [0.4, 0.5) is 5.13 Å². The van der Waals surface area contributed by atoms with Crippen LogP contribution in [0.3, 0.4) is 0 Å². The van der Waals surface area contributed by atoms with Gasteiger partial charge in [-0.25, -0.2) is 9.78 Å². The van der Waals surface area contributed by atoms with Gasteiger partial charge in [0.05, 0.1) is 11.3 Å². The molecule has 0 radical (unpaired) electrons. The van der Waals surface area contributed by atoms with Gasteiger partial charge in [0.25, 0.3) is 5.91 Å². The molecule has 4 aromatic rings. The van der Waals surface area contributed by atoms with E-state index in [4.69, 9.17) is 4.42 Å². The van der Waals surface area contributed by atoms with Crippen molar-refractivity contribution >= 4 is 33.3 Å². The van der Waals surface area contributed by atoms with Crippen molar-refractivity contribution in [1.82, 2.24) is 14.8 Å². The molecule has 1 amide bonds. The Kier molecular flexibility index (Phi) is 4.56. The van der Waals surface area contributed by atoms with Gasteiger partial charge in [0.2, 0.25) is 0 Å². The summed E-state index contributed by atoms with van der Waals surface area (Å²) in [6.07, 6.45) is 0. The van der Waals surface area contributed by atoms with Crippen LogP contribution >= 0.6 is 11.3 Å². The molecule has 4 rings (SSSR count). The zero-order valence-corrected chi connectivity index (χ0v) is 16.4. The fraction of sp³-hybridized carbons (Fsp3) is 0.200. The Balaban J connectivity index is 1.60. The minimum absolute atomic E-state index is 0.167. The first-order valence-corrected chi connectivity index (χ1v) is 9.66. The van der Waals surface area contributed by atoms with Crippen LogP contribution in [-0.4, -0.2) is 20.7 Å². The minimum Gasteiger partial charge on any atom is -0.422 e. The van der Waals surface area contributed by atoms with Crippen molar-refractivity contribution in [2.75, 3.05) is 5.32 Å². The Morgan fingerprint density at radius 2 is 2.04 bits per heavy atom. The topological polar surface area (TPSA) is 90.0 Å². The van der Waals surface area contributed by atoms with Gasteiger partial charge in [0.15, 0.2) is 10.8 Å². The molecule has 0 aliphatic rings. The molecular weight excluding hydrogens is 376 g/mol. The Labute approximate surface area is 164 Å². The van der Waals surface area contributed by atoms with E-state index in [0.29, 0.717) is 27.7 Å². The number of carbonyl (C=O) groups is 1. The first-order chi connectivity index (χ1) is 13.4. The zero-order valence-electron chi connectivity index (χ0n) is 15.6. The fourth-order valence-corrected chi connectivity index (χ4v) is 3.68. The zero-order chi connectivity index (χ0) is 19.8. The molecule has 1 aromatic carbocycles. The van der Waals surface area contributed by atoms with Gasteiger partial charge in [0, 0.05) is 22.5 Å². The number of benzene rings is 1. The summed E-state index contributed by atoms with van der Waals surface area (Å²) < 4.78 is 7.15. The lowest BCUT2D eigenvalue weighted by atomic mass is 10.1. The molecule has 0 aliphatic heterocycles. The summed E-state index contributed by atoms with van der Waals surface area (Å²) in [6.45, 7) is 5.91. The van der Waals surface area contributed by atoms with Gasteiger partial charge < -0.3 is 4.42 Å². The van der Waals surface area contributed by atoms with Crippen LogP contribution in [0.5, 0.6) is 0 Å². The van der Waals surface area contributed by atoms with Crippen LogP contribution < -0.4 is 10.9 Å². The van der Waals surface area contributed by atoms with Gasteiger partial charge in [-0.2, -0.15) is 5.10 Å². The second-order valence-electron chi connectivity index (χ2n) is 6.69. The SMILES string of the molecule is Cc1cc(C(=O)Nc2nc(-c3cc4ccccc4oc3=O)cs2)nn1C(C)C. The van der Waals surface area contributed by atoms with Gasteiger partial charge >= 0.3 is 5.63 Å². The molecule has 3 heterocycles. The van der Waals surface area contributed by atoms with Crippen molar-refractivity contribution < 1.29 is 9.21 Å². The lowest BCUT2D eigenvalue weighted by molar-refractivity contribution is 0.102. The van der Waals surface area contributed by atoms with Crippen molar-refractivity contribution in [3.8, 4) is 11.3 Å². The van der Waals surface area contributed by atoms with Gasteiger partial charge in [0.1, 0.15) is 5.58 Å². The third-order valence-electron chi connectivity index (χ3n) is 4.29.